The molecule has 2 aromatic carbocycles. The Kier molecular flexibility index (Phi) is 4.60. The quantitative estimate of drug-likeness (QED) is 0.763. The van der Waals surface area contributed by atoms with Gasteiger partial charge in [-0.25, -0.2) is 8.78 Å². The highest BCUT2D eigenvalue weighted by atomic mass is 79.9. The number of hydrogen-bond acceptors (Lipinski definition) is 2. The minimum absolute atomic E-state index is 0.290. The molecule has 0 saturated heterocycles. The van der Waals surface area contributed by atoms with Gasteiger partial charge >= 0.3 is 0 Å². The second kappa shape index (κ2) is 6.22. The molecule has 0 heterocycles. The summed E-state index contributed by atoms with van der Waals surface area (Å²) >= 11 is 3.48. The molecule has 1 atom stereocenters. The van der Waals surface area contributed by atoms with E-state index >= 15 is 0 Å². The number of benzene rings is 2. The SMILES string of the molecule is COc1cc(OC)cc(C(Br)c2ccc(F)c(F)c2)c1. The minimum Gasteiger partial charge on any atom is -0.497 e. The Labute approximate surface area is 124 Å². The summed E-state index contributed by atoms with van der Waals surface area (Å²) in [6, 6.07) is 9.17. The molecule has 20 heavy (non-hydrogen) atoms. The molecule has 0 fully saturated rings. The largest absolute Gasteiger partial charge is 0.497 e. The standard InChI is InChI=1S/C15H13BrF2O2/c1-19-11-5-10(6-12(8-11)20-2)15(16)9-3-4-13(17)14(18)7-9/h3-8,15H,1-2H3. The van der Waals surface area contributed by atoms with Crippen molar-refractivity contribution in [2.75, 3.05) is 14.2 Å². The molecule has 0 aromatic heterocycles. The number of ether oxygens (including phenoxy) is 2. The lowest BCUT2D eigenvalue weighted by atomic mass is 10.0. The van der Waals surface area contributed by atoms with E-state index in [1.54, 1.807) is 20.3 Å². The average molecular weight is 343 g/mol. The minimum atomic E-state index is -0.873. The molecule has 0 spiro atoms. The maximum Gasteiger partial charge on any atom is 0.159 e. The van der Waals surface area contributed by atoms with Gasteiger partial charge < -0.3 is 9.47 Å². The Morgan fingerprint density at radius 1 is 0.850 bits per heavy atom. The van der Waals surface area contributed by atoms with Crippen molar-refractivity contribution in [2.24, 2.45) is 0 Å². The normalized spacial score (nSPS) is 12.1. The van der Waals surface area contributed by atoms with Crippen molar-refractivity contribution >= 4 is 15.9 Å². The highest BCUT2D eigenvalue weighted by Crippen LogP contribution is 2.35. The first kappa shape index (κ1) is 14.8. The summed E-state index contributed by atoms with van der Waals surface area (Å²) in [6.07, 6.45) is 0. The highest BCUT2D eigenvalue weighted by molar-refractivity contribution is 9.09. The molecular formula is C15H13BrF2O2. The topological polar surface area (TPSA) is 18.5 Å². The maximum atomic E-state index is 13.3. The van der Waals surface area contributed by atoms with Crippen molar-refractivity contribution in [3.63, 3.8) is 0 Å². The second-order valence-electron chi connectivity index (χ2n) is 4.18. The van der Waals surface area contributed by atoms with Crippen LogP contribution in [0.2, 0.25) is 0 Å². The molecule has 106 valence electrons. The van der Waals surface area contributed by atoms with E-state index in [9.17, 15) is 8.78 Å². The Hall–Kier alpha value is -1.62. The van der Waals surface area contributed by atoms with E-state index < -0.39 is 11.6 Å². The van der Waals surface area contributed by atoms with Gasteiger partial charge in [-0.15, -0.1) is 0 Å². The van der Waals surface area contributed by atoms with Gasteiger partial charge in [0.25, 0.3) is 0 Å². The predicted molar refractivity (Wildman–Crippen MR) is 76.7 cm³/mol. The summed E-state index contributed by atoms with van der Waals surface area (Å²) in [7, 11) is 3.11. The molecular weight excluding hydrogens is 330 g/mol. The number of methoxy groups -OCH3 is 2. The van der Waals surface area contributed by atoms with Gasteiger partial charge in [0.1, 0.15) is 11.5 Å². The first-order valence-electron chi connectivity index (χ1n) is 5.87. The number of rotatable bonds is 4. The fourth-order valence-electron chi connectivity index (χ4n) is 1.84. The van der Waals surface area contributed by atoms with E-state index in [0.717, 1.165) is 11.6 Å². The molecule has 2 aromatic rings. The van der Waals surface area contributed by atoms with Crippen LogP contribution in [-0.2, 0) is 0 Å². The first-order valence-corrected chi connectivity index (χ1v) is 6.78. The molecule has 0 aliphatic carbocycles. The molecule has 0 radical (unpaired) electrons. The lowest BCUT2D eigenvalue weighted by Crippen LogP contribution is -1.97. The number of hydrogen-bond donors (Lipinski definition) is 0. The fourth-order valence-corrected chi connectivity index (χ4v) is 2.39. The summed E-state index contributed by atoms with van der Waals surface area (Å²) in [5.41, 5.74) is 1.44. The fraction of sp³-hybridized carbons (Fsp3) is 0.200. The van der Waals surface area contributed by atoms with Crippen LogP contribution in [0.15, 0.2) is 36.4 Å². The van der Waals surface area contributed by atoms with Crippen LogP contribution in [0.25, 0.3) is 0 Å². The second-order valence-corrected chi connectivity index (χ2v) is 5.10. The van der Waals surface area contributed by atoms with E-state index in [1.807, 2.05) is 12.1 Å². The summed E-state index contributed by atoms with van der Waals surface area (Å²) in [4.78, 5) is -0.290. The van der Waals surface area contributed by atoms with Crippen LogP contribution in [0, 0.1) is 11.6 Å². The van der Waals surface area contributed by atoms with Crippen LogP contribution >= 0.6 is 15.9 Å². The van der Waals surface area contributed by atoms with Gasteiger partial charge in [-0.3, -0.25) is 0 Å². The van der Waals surface area contributed by atoms with Crippen LogP contribution in [0.3, 0.4) is 0 Å². The summed E-state index contributed by atoms with van der Waals surface area (Å²) in [5, 5.41) is 0. The van der Waals surface area contributed by atoms with Gasteiger partial charge in [-0.1, -0.05) is 22.0 Å². The molecule has 2 rings (SSSR count). The van der Waals surface area contributed by atoms with Crippen molar-refractivity contribution in [1.29, 1.82) is 0 Å². The molecule has 5 heteroatoms. The van der Waals surface area contributed by atoms with Crippen molar-refractivity contribution in [3.8, 4) is 11.5 Å². The molecule has 1 unspecified atom stereocenters. The monoisotopic (exact) mass is 342 g/mol. The molecule has 0 aliphatic heterocycles. The molecule has 2 nitrogen and oxygen atoms in total. The Bertz CT molecular complexity index is 595. The number of halogens is 3. The van der Waals surface area contributed by atoms with E-state index in [4.69, 9.17) is 9.47 Å². The van der Waals surface area contributed by atoms with E-state index in [-0.39, 0.29) is 4.83 Å². The lowest BCUT2D eigenvalue weighted by molar-refractivity contribution is 0.393. The van der Waals surface area contributed by atoms with Crippen molar-refractivity contribution < 1.29 is 18.3 Å². The van der Waals surface area contributed by atoms with Gasteiger partial charge in [0, 0.05) is 6.07 Å². The maximum absolute atomic E-state index is 13.3. The zero-order valence-corrected chi connectivity index (χ0v) is 12.6. The van der Waals surface area contributed by atoms with Crippen molar-refractivity contribution in [1.82, 2.24) is 0 Å². The summed E-state index contributed by atoms with van der Waals surface area (Å²) < 4.78 is 36.7. The van der Waals surface area contributed by atoms with Gasteiger partial charge in [-0.2, -0.15) is 0 Å². The Morgan fingerprint density at radius 2 is 1.45 bits per heavy atom. The predicted octanol–water partition coefficient (Wildman–Crippen LogP) is 4.47. The molecule has 0 bridgehead atoms. The molecule has 0 saturated carbocycles. The van der Waals surface area contributed by atoms with Crippen LogP contribution in [0.5, 0.6) is 11.5 Å². The van der Waals surface area contributed by atoms with E-state index in [0.29, 0.717) is 17.1 Å². The van der Waals surface area contributed by atoms with E-state index in [1.165, 1.54) is 12.1 Å². The third kappa shape index (κ3) is 3.10. The Morgan fingerprint density at radius 3 is 1.95 bits per heavy atom. The average Bonchev–Trinajstić information content (AvgIpc) is 2.48. The van der Waals surface area contributed by atoms with Crippen molar-refractivity contribution in [3.05, 3.63) is 59.2 Å². The first-order chi connectivity index (χ1) is 9.55. The Balaban J connectivity index is 2.41. The van der Waals surface area contributed by atoms with Crippen LogP contribution in [0.4, 0.5) is 8.78 Å². The molecule has 0 N–H and O–H groups in total. The van der Waals surface area contributed by atoms with Gasteiger partial charge in [0.15, 0.2) is 11.6 Å². The lowest BCUT2D eigenvalue weighted by Gasteiger charge is -2.14. The van der Waals surface area contributed by atoms with Gasteiger partial charge in [-0.05, 0) is 35.4 Å². The summed E-state index contributed by atoms with van der Waals surface area (Å²) in [6.45, 7) is 0. The zero-order chi connectivity index (χ0) is 14.7. The third-order valence-corrected chi connectivity index (χ3v) is 3.96. The van der Waals surface area contributed by atoms with Gasteiger partial charge in [0.2, 0.25) is 0 Å². The van der Waals surface area contributed by atoms with Crippen molar-refractivity contribution in [2.45, 2.75) is 4.83 Å². The number of alkyl halides is 1. The van der Waals surface area contributed by atoms with Crippen LogP contribution in [0.1, 0.15) is 16.0 Å². The van der Waals surface area contributed by atoms with Gasteiger partial charge in [0.05, 0.1) is 19.0 Å². The van der Waals surface area contributed by atoms with E-state index in [2.05, 4.69) is 15.9 Å². The smallest absolute Gasteiger partial charge is 0.159 e. The van der Waals surface area contributed by atoms with Crippen LogP contribution in [-0.4, -0.2) is 14.2 Å². The molecule has 0 aliphatic rings. The zero-order valence-electron chi connectivity index (χ0n) is 11.0. The third-order valence-electron chi connectivity index (χ3n) is 2.90. The summed E-state index contributed by atoms with van der Waals surface area (Å²) in [5.74, 6) is -0.476. The van der Waals surface area contributed by atoms with Crippen LogP contribution < -0.4 is 9.47 Å². The molecule has 0 amide bonds. The highest BCUT2D eigenvalue weighted by Gasteiger charge is 2.15.